The molecule has 2 unspecified atom stereocenters. The molecule has 34 heavy (non-hydrogen) atoms. The number of hydrogen-bond acceptors (Lipinski definition) is 5. The minimum absolute atomic E-state index is 0.143. The van der Waals surface area contributed by atoms with Gasteiger partial charge >= 0.3 is 0 Å². The average Bonchev–Trinajstić information content (AvgIpc) is 3.30. The highest BCUT2D eigenvalue weighted by atomic mass is 16.2. The molecule has 4 fully saturated rings. The van der Waals surface area contributed by atoms with Crippen LogP contribution in [0.2, 0.25) is 0 Å². The van der Waals surface area contributed by atoms with E-state index < -0.39 is 5.66 Å². The molecule has 6 rings (SSSR count). The first-order chi connectivity index (χ1) is 16.1. The molecule has 1 saturated heterocycles. The van der Waals surface area contributed by atoms with E-state index in [0.29, 0.717) is 29.7 Å². The maximum atomic E-state index is 14.3. The van der Waals surface area contributed by atoms with Crippen LogP contribution in [0.4, 0.5) is 0 Å². The summed E-state index contributed by atoms with van der Waals surface area (Å²) in [5.41, 5.74) is 6.97. The molecule has 0 radical (unpaired) electrons. The first-order valence-electron chi connectivity index (χ1n) is 12.8. The summed E-state index contributed by atoms with van der Waals surface area (Å²) >= 11 is 0. The Morgan fingerprint density at radius 3 is 2.76 bits per heavy atom. The van der Waals surface area contributed by atoms with Gasteiger partial charge in [-0.3, -0.25) is 14.0 Å². The predicted molar refractivity (Wildman–Crippen MR) is 132 cm³/mol. The predicted octanol–water partition coefficient (Wildman–Crippen LogP) is 3.34. The lowest BCUT2D eigenvalue weighted by Crippen LogP contribution is -2.70. The summed E-state index contributed by atoms with van der Waals surface area (Å²) in [6.07, 6.45) is 8.59. The molecule has 5 atom stereocenters. The number of nitrogens with two attached hydrogens (primary N) is 1. The smallest absolute Gasteiger partial charge is 0.272 e. The van der Waals surface area contributed by atoms with Crippen molar-refractivity contribution in [3.63, 3.8) is 0 Å². The fraction of sp³-hybridized carbons (Fsp3) is 0.667. The molecule has 0 aromatic carbocycles. The molecule has 3 aliphatic carbocycles. The standard InChI is InChI=1S/C27H39N5O2/c1-25(2)16-29-11-10-22(25)27(28,17-33)32(15-18-8-9-19-14-20(18)26(19,3)4)24(34)21-6-5-7-23-30-12-13-31(21)23/h5-7,12-13,17-20,22,29H,8-11,14-16,28H2,1-4H3/t18-,19+,20+,22?,27?/m0/s1. The monoisotopic (exact) mass is 465 g/mol. The van der Waals surface area contributed by atoms with Gasteiger partial charge in [0.1, 0.15) is 11.3 Å². The molecule has 3 N–H and O–H groups in total. The number of hydrogen-bond donors (Lipinski definition) is 2. The van der Waals surface area contributed by atoms with Gasteiger partial charge in [0.05, 0.1) is 0 Å². The third-order valence-electron chi connectivity index (χ3n) is 9.66. The van der Waals surface area contributed by atoms with Gasteiger partial charge in [0.25, 0.3) is 5.91 Å². The second-order valence-corrected chi connectivity index (χ2v) is 12.2. The molecule has 2 aromatic heterocycles. The molecular formula is C27H39N5O2. The summed E-state index contributed by atoms with van der Waals surface area (Å²) in [4.78, 5) is 33.3. The number of amides is 1. The zero-order valence-electron chi connectivity index (χ0n) is 21.0. The molecular weight excluding hydrogens is 426 g/mol. The Hall–Kier alpha value is -2.25. The quantitative estimate of drug-likeness (QED) is 0.504. The van der Waals surface area contributed by atoms with E-state index in [0.717, 1.165) is 38.1 Å². The number of rotatable bonds is 6. The van der Waals surface area contributed by atoms with Gasteiger partial charge in [-0.15, -0.1) is 0 Å². The van der Waals surface area contributed by atoms with Crippen LogP contribution >= 0.6 is 0 Å². The summed E-state index contributed by atoms with van der Waals surface area (Å²) in [6, 6.07) is 5.54. The van der Waals surface area contributed by atoms with Gasteiger partial charge in [-0.2, -0.15) is 0 Å². The largest absolute Gasteiger partial charge is 0.316 e. The van der Waals surface area contributed by atoms with Gasteiger partial charge < -0.3 is 16.0 Å². The van der Waals surface area contributed by atoms with Gasteiger partial charge in [-0.1, -0.05) is 33.8 Å². The fourth-order valence-corrected chi connectivity index (χ4v) is 7.45. The van der Waals surface area contributed by atoms with E-state index in [2.05, 4.69) is 38.0 Å². The number of carbonyl (C=O) groups is 2. The second kappa shape index (κ2) is 8.16. The number of fused-ring (bicyclic) bond motifs is 3. The van der Waals surface area contributed by atoms with Crippen molar-refractivity contribution in [2.75, 3.05) is 19.6 Å². The SMILES string of the molecule is CC1(C)CNCCC1C(N)(C=O)N(C[C@@H]1CC[C@@H]2C[C@H]1C2(C)C)C(=O)c1cccc2nccn12. The van der Waals surface area contributed by atoms with Crippen LogP contribution in [0.5, 0.6) is 0 Å². The lowest BCUT2D eigenvalue weighted by atomic mass is 9.45. The van der Waals surface area contributed by atoms with Gasteiger partial charge in [-0.05, 0) is 72.9 Å². The van der Waals surface area contributed by atoms with Gasteiger partial charge in [0, 0.05) is 31.4 Å². The third kappa shape index (κ3) is 3.51. The zero-order chi connectivity index (χ0) is 24.3. The lowest BCUT2D eigenvalue weighted by Gasteiger charge is -2.61. The maximum absolute atomic E-state index is 14.3. The van der Waals surface area contributed by atoms with Crippen LogP contribution in [0, 0.1) is 34.5 Å². The molecule has 2 aromatic rings. The van der Waals surface area contributed by atoms with Crippen molar-refractivity contribution < 1.29 is 9.59 Å². The van der Waals surface area contributed by atoms with Crippen LogP contribution in [0.1, 0.15) is 63.9 Å². The van der Waals surface area contributed by atoms with E-state index >= 15 is 0 Å². The minimum Gasteiger partial charge on any atom is -0.316 e. The number of imidazole rings is 1. The number of aromatic nitrogens is 2. The Morgan fingerprint density at radius 1 is 1.29 bits per heavy atom. The Labute approximate surface area is 202 Å². The van der Waals surface area contributed by atoms with Gasteiger partial charge in [0.15, 0.2) is 11.9 Å². The zero-order valence-corrected chi connectivity index (χ0v) is 21.0. The molecule has 7 heteroatoms. The van der Waals surface area contributed by atoms with Crippen molar-refractivity contribution in [1.82, 2.24) is 19.6 Å². The van der Waals surface area contributed by atoms with E-state index in [1.54, 1.807) is 21.7 Å². The third-order valence-corrected chi connectivity index (χ3v) is 9.66. The lowest BCUT2D eigenvalue weighted by molar-refractivity contribution is -0.134. The summed E-state index contributed by atoms with van der Waals surface area (Å²) in [5, 5.41) is 3.44. The normalized spacial score (nSPS) is 31.3. The van der Waals surface area contributed by atoms with Crippen LogP contribution < -0.4 is 11.1 Å². The molecule has 7 nitrogen and oxygen atoms in total. The Bertz CT molecular complexity index is 1090. The summed E-state index contributed by atoms with van der Waals surface area (Å²) < 4.78 is 1.80. The average molecular weight is 466 g/mol. The summed E-state index contributed by atoms with van der Waals surface area (Å²) in [6.45, 7) is 11.1. The minimum atomic E-state index is -1.38. The number of aldehydes is 1. The van der Waals surface area contributed by atoms with E-state index in [4.69, 9.17) is 5.73 Å². The van der Waals surface area contributed by atoms with Crippen LogP contribution in [0.15, 0.2) is 30.6 Å². The second-order valence-electron chi connectivity index (χ2n) is 12.2. The highest BCUT2D eigenvalue weighted by Crippen LogP contribution is 2.61. The Balaban J connectivity index is 1.57. The molecule has 4 aliphatic rings. The Kier molecular flexibility index (Phi) is 5.64. The number of pyridine rings is 1. The van der Waals surface area contributed by atoms with E-state index in [1.807, 2.05) is 18.2 Å². The van der Waals surface area contributed by atoms with E-state index in [9.17, 15) is 9.59 Å². The molecule has 2 bridgehead atoms. The molecule has 3 heterocycles. The van der Waals surface area contributed by atoms with Crippen molar-refractivity contribution in [3.8, 4) is 0 Å². The number of nitrogens with zero attached hydrogens (tertiary/aromatic N) is 3. The first kappa shape index (κ1) is 23.5. The van der Waals surface area contributed by atoms with Crippen LogP contribution in [-0.2, 0) is 4.79 Å². The first-order valence-corrected chi connectivity index (χ1v) is 12.8. The molecule has 3 saturated carbocycles. The molecule has 1 amide bonds. The summed E-state index contributed by atoms with van der Waals surface area (Å²) in [5.74, 6) is 1.35. The van der Waals surface area contributed by atoms with Crippen LogP contribution in [0.25, 0.3) is 5.65 Å². The molecule has 1 aliphatic heterocycles. The Morgan fingerprint density at radius 2 is 2.09 bits per heavy atom. The summed E-state index contributed by atoms with van der Waals surface area (Å²) in [7, 11) is 0. The van der Waals surface area contributed by atoms with Crippen LogP contribution in [0.3, 0.4) is 0 Å². The number of carbonyl (C=O) groups excluding carboxylic acids is 2. The van der Waals surface area contributed by atoms with E-state index in [-0.39, 0.29) is 22.7 Å². The highest BCUT2D eigenvalue weighted by Gasteiger charge is 2.57. The van der Waals surface area contributed by atoms with Crippen molar-refractivity contribution >= 4 is 17.8 Å². The molecule has 184 valence electrons. The number of piperidine rings is 1. The van der Waals surface area contributed by atoms with Crippen molar-refractivity contribution in [2.45, 2.75) is 59.0 Å². The van der Waals surface area contributed by atoms with Crippen LogP contribution in [-0.4, -0.2) is 51.8 Å². The van der Waals surface area contributed by atoms with Crippen molar-refractivity contribution in [1.29, 1.82) is 0 Å². The van der Waals surface area contributed by atoms with Gasteiger partial charge in [-0.25, -0.2) is 4.98 Å². The highest BCUT2D eigenvalue weighted by molar-refractivity contribution is 5.95. The van der Waals surface area contributed by atoms with Crippen molar-refractivity contribution in [2.24, 2.45) is 40.2 Å². The fourth-order valence-electron chi connectivity index (χ4n) is 7.45. The van der Waals surface area contributed by atoms with Crippen molar-refractivity contribution in [3.05, 3.63) is 36.3 Å². The van der Waals surface area contributed by atoms with Gasteiger partial charge in [0.2, 0.25) is 0 Å². The number of nitrogens with one attached hydrogen (secondary N) is 1. The molecule has 0 spiro atoms. The van der Waals surface area contributed by atoms with E-state index in [1.165, 1.54) is 12.8 Å². The maximum Gasteiger partial charge on any atom is 0.272 e. The topological polar surface area (TPSA) is 92.7 Å².